The molecule has 0 bridgehead atoms. The zero-order valence-electron chi connectivity index (χ0n) is 9.95. The molecule has 100 valence electrons. The van der Waals surface area contributed by atoms with Crippen LogP contribution >= 0.6 is 27.5 Å². The van der Waals surface area contributed by atoms with E-state index in [1.165, 1.54) is 12.1 Å². The van der Waals surface area contributed by atoms with Crippen LogP contribution in [0.3, 0.4) is 0 Å². The van der Waals surface area contributed by atoms with Crippen molar-refractivity contribution in [3.8, 4) is 0 Å². The van der Waals surface area contributed by atoms with Gasteiger partial charge in [-0.1, -0.05) is 11.6 Å². The highest BCUT2D eigenvalue weighted by Gasteiger charge is 2.08. The molecule has 0 fully saturated rings. The summed E-state index contributed by atoms with van der Waals surface area (Å²) in [5, 5.41) is 3.05. The Morgan fingerprint density at radius 3 is 2.95 bits per heavy atom. The van der Waals surface area contributed by atoms with Crippen LogP contribution in [0.1, 0.15) is 5.69 Å². The van der Waals surface area contributed by atoms with E-state index in [0.29, 0.717) is 28.4 Å². The molecule has 4 nitrogen and oxygen atoms in total. The van der Waals surface area contributed by atoms with E-state index >= 15 is 0 Å². The number of rotatable bonds is 4. The average molecular weight is 347 g/mol. The van der Waals surface area contributed by atoms with E-state index in [9.17, 15) is 4.39 Å². The van der Waals surface area contributed by atoms with Gasteiger partial charge in [0.05, 0.1) is 17.8 Å². The third-order valence-corrected chi connectivity index (χ3v) is 2.97. The second kappa shape index (κ2) is 6.27. The van der Waals surface area contributed by atoms with Gasteiger partial charge in [0.2, 0.25) is 0 Å². The summed E-state index contributed by atoms with van der Waals surface area (Å²) in [5.74, 6) is 0.0109. The molecular weight excluding hydrogens is 337 g/mol. The maximum Gasteiger partial charge on any atom is 0.154 e. The van der Waals surface area contributed by atoms with Gasteiger partial charge in [-0.05, 0) is 34.1 Å². The monoisotopic (exact) mass is 345 g/mol. The minimum Gasteiger partial charge on any atom is -0.378 e. The van der Waals surface area contributed by atoms with Gasteiger partial charge in [-0.2, -0.15) is 0 Å². The summed E-state index contributed by atoms with van der Waals surface area (Å²) >= 11 is 8.87. The van der Waals surface area contributed by atoms with E-state index in [-0.39, 0.29) is 5.02 Å². The number of aromatic nitrogens is 2. The minimum absolute atomic E-state index is 0.0737. The average Bonchev–Trinajstić information content (AvgIpc) is 2.37. The molecule has 0 aliphatic rings. The molecule has 0 aliphatic heterocycles. The van der Waals surface area contributed by atoms with Crippen molar-refractivity contribution in [3.63, 3.8) is 0 Å². The van der Waals surface area contributed by atoms with Crippen LogP contribution in [0.4, 0.5) is 15.9 Å². The molecule has 0 unspecified atom stereocenters. The second-order valence-electron chi connectivity index (χ2n) is 3.67. The Labute approximate surface area is 123 Å². The Hall–Kier alpha value is -1.24. The molecule has 1 N–H and O–H groups in total. The van der Waals surface area contributed by atoms with Crippen molar-refractivity contribution in [2.75, 3.05) is 12.4 Å². The Morgan fingerprint density at radius 2 is 2.26 bits per heavy atom. The number of anilines is 2. The number of methoxy groups -OCH3 is 1. The number of hydrogen-bond donors (Lipinski definition) is 1. The van der Waals surface area contributed by atoms with Gasteiger partial charge in [0.1, 0.15) is 16.1 Å². The highest BCUT2D eigenvalue weighted by atomic mass is 79.9. The van der Waals surface area contributed by atoms with Gasteiger partial charge in [0.25, 0.3) is 0 Å². The molecular formula is C12H10BrClFN3O. The third kappa shape index (κ3) is 3.62. The van der Waals surface area contributed by atoms with Gasteiger partial charge in [0, 0.05) is 12.8 Å². The molecule has 0 aliphatic carbocycles. The first-order chi connectivity index (χ1) is 9.10. The first-order valence-electron chi connectivity index (χ1n) is 5.32. The Kier molecular flexibility index (Phi) is 4.68. The lowest BCUT2D eigenvalue weighted by Gasteiger charge is -2.10. The minimum atomic E-state index is -0.495. The Morgan fingerprint density at radius 1 is 1.47 bits per heavy atom. The molecule has 19 heavy (non-hydrogen) atoms. The van der Waals surface area contributed by atoms with Crippen molar-refractivity contribution in [2.24, 2.45) is 0 Å². The van der Waals surface area contributed by atoms with Gasteiger partial charge in [-0.25, -0.2) is 14.4 Å². The predicted octanol–water partition coefficient (Wildman–Crippen LogP) is 3.92. The van der Waals surface area contributed by atoms with Crippen molar-refractivity contribution in [1.82, 2.24) is 9.97 Å². The van der Waals surface area contributed by atoms with Gasteiger partial charge in [-0.15, -0.1) is 0 Å². The molecule has 1 aromatic heterocycles. The summed E-state index contributed by atoms with van der Waals surface area (Å²) in [6, 6.07) is 4.43. The second-order valence-corrected chi connectivity index (χ2v) is 4.89. The number of ether oxygens (including phenoxy) is 1. The summed E-state index contributed by atoms with van der Waals surface area (Å²) in [6.07, 6.45) is 1.55. The van der Waals surface area contributed by atoms with Crippen LogP contribution < -0.4 is 5.32 Å². The smallest absolute Gasteiger partial charge is 0.154 e. The molecule has 0 spiro atoms. The van der Waals surface area contributed by atoms with Crippen LogP contribution in [-0.2, 0) is 11.3 Å². The van der Waals surface area contributed by atoms with E-state index in [4.69, 9.17) is 16.3 Å². The molecule has 2 aromatic rings. The number of nitrogens with zero attached hydrogens (tertiary/aromatic N) is 2. The van der Waals surface area contributed by atoms with Crippen LogP contribution in [-0.4, -0.2) is 17.1 Å². The lowest BCUT2D eigenvalue weighted by atomic mass is 10.3. The zero-order chi connectivity index (χ0) is 13.8. The number of hydrogen-bond acceptors (Lipinski definition) is 4. The summed E-state index contributed by atoms with van der Waals surface area (Å²) in [7, 11) is 1.56. The van der Waals surface area contributed by atoms with Crippen LogP contribution in [0.15, 0.2) is 29.0 Å². The number of benzene rings is 1. The fraction of sp³-hybridized carbons (Fsp3) is 0.167. The van der Waals surface area contributed by atoms with Gasteiger partial charge in [-0.3, -0.25) is 0 Å². The number of nitrogens with one attached hydrogen (secondary N) is 1. The zero-order valence-corrected chi connectivity index (χ0v) is 12.3. The molecule has 0 atom stereocenters. The summed E-state index contributed by atoms with van der Waals surface area (Å²) in [4.78, 5) is 8.43. The van der Waals surface area contributed by atoms with E-state index in [0.717, 1.165) is 0 Å². The molecule has 1 heterocycles. The maximum atomic E-state index is 13.4. The first-order valence-corrected chi connectivity index (χ1v) is 6.49. The third-order valence-electron chi connectivity index (χ3n) is 2.28. The van der Waals surface area contributed by atoms with E-state index in [2.05, 4.69) is 31.2 Å². The summed E-state index contributed by atoms with van der Waals surface area (Å²) < 4.78 is 19.0. The SMILES string of the molecule is COCc1nc(Br)cnc1Nc1ccc(Cl)c(F)c1. The summed E-state index contributed by atoms with van der Waals surface area (Å²) in [5.41, 5.74) is 1.16. The fourth-order valence-electron chi connectivity index (χ4n) is 1.46. The normalized spacial score (nSPS) is 10.5. The van der Waals surface area contributed by atoms with Gasteiger partial charge >= 0.3 is 0 Å². The quantitative estimate of drug-likeness (QED) is 0.911. The van der Waals surface area contributed by atoms with E-state index in [1.54, 1.807) is 19.4 Å². The van der Waals surface area contributed by atoms with Gasteiger partial charge in [0.15, 0.2) is 5.82 Å². The van der Waals surface area contributed by atoms with Gasteiger partial charge < -0.3 is 10.1 Å². The predicted molar refractivity (Wildman–Crippen MR) is 75.1 cm³/mol. The van der Waals surface area contributed by atoms with Crippen molar-refractivity contribution in [2.45, 2.75) is 6.61 Å². The lowest BCUT2D eigenvalue weighted by molar-refractivity contribution is 0.181. The molecule has 7 heteroatoms. The molecule has 1 aromatic carbocycles. The van der Waals surface area contributed by atoms with E-state index < -0.39 is 5.82 Å². The topological polar surface area (TPSA) is 47.0 Å². The van der Waals surface area contributed by atoms with Crippen LogP contribution in [0, 0.1) is 5.82 Å². The van der Waals surface area contributed by atoms with Crippen LogP contribution in [0.5, 0.6) is 0 Å². The standard InChI is InChI=1S/C12H10BrClFN3O/c1-19-6-10-12(16-5-11(13)18-10)17-7-2-3-8(14)9(15)4-7/h2-5H,6H2,1H3,(H,16,17). The lowest BCUT2D eigenvalue weighted by Crippen LogP contribution is -2.03. The molecule has 2 rings (SSSR count). The van der Waals surface area contributed by atoms with Crippen molar-refractivity contribution < 1.29 is 9.13 Å². The maximum absolute atomic E-state index is 13.4. The molecule has 0 saturated carbocycles. The Bertz CT molecular complexity index is 597. The van der Waals surface area contributed by atoms with Crippen LogP contribution in [0.2, 0.25) is 5.02 Å². The highest BCUT2D eigenvalue weighted by molar-refractivity contribution is 9.10. The highest BCUT2D eigenvalue weighted by Crippen LogP contribution is 2.23. The number of halogens is 3. The largest absolute Gasteiger partial charge is 0.378 e. The van der Waals surface area contributed by atoms with Crippen molar-refractivity contribution >= 4 is 39.0 Å². The van der Waals surface area contributed by atoms with Crippen LogP contribution in [0.25, 0.3) is 0 Å². The molecule has 0 saturated heterocycles. The fourth-order valence-corrected chi connectivity index (χ4v) is 1.89. The van der Waals surface area contributed by atoms with E-state index in [1.807, 2.05) is 0 Å². The first kappa shape index (κ1) is 14.2. The van der Waals surface area contributed by atoms with Crippen molar-refractivity contribution in [3.05, 3.63) is 45.5 Å². The molecule has 0 radical (unpaired) electrons. The molecule has 0 amide bonds. The van der Waals surface area contributed by atoms with Crippen molar-refractivity contribution in [1.29, 1.82) is 0 Å². The summed E-state index contributed by atoms with van der Waals surface area (Å²) in [6.45, 7) is 0.296. The Balaban J connectivity index is 2.29.